The fourth-order valence-electron chi connectivity index (χ4n) is 1.94. The van der Waals surface area contributed by atoms with Crippen LogP contribution in [-0.2, 0) is 4.79 Å². The lowest BCUT2D eigenvalue weighted by molar-refractivity contribution is -0.122. The third kappa shape index (κ3) is 7.05. The second-order valence-corrected chi connectivity index (χ2v) is 5.80. The number of halogens is 2. The fourth-order valence-corrected chi connectivity index (χ4v) is 3.53. The first kappa shape index (κ1) is 20.1. The molecule has 0 saturated heterocycles. The molecule has 0 heterocycles. The second-order valence-electron chi connectivity index (χ2n) is 4.05. The Morgan fingerprint density at radius 3 is 2.38 bits per heavy atom. The van der Waals surface area contributed by atoms with E-state index < -0.39 is 0 Å². The molecular weight excluding hydrogens is 315 g/mol. The van der Waals surface area contributed by atoms with Crippen molar-refractivity contribution in [1.82, 2.24) is 0 Å². The topological polar surface area (TPSA) is 46.5 Å². The van der Waals surface area contributed by atoms with Gasteiger partial charge in [0.1, 0.15) is 11.6 Å². The van der Waals surface area contributed by atoms with Crippen LogP contribution in [-0.4, -0.2) is 23.9 Å². The summed E-state index contributed by atoms with van der Waals surface area (Å²) in [6.07, 6.45) is 4.86. The lowest BCUT2D eigenvalue weighted by atomic mass is 10.3. The van der Waals surface area contributed by atoms with Crippen molar-refractivity contribution in [2.75, 3.05) is 7.11 Å². The van der Waals surface area contributed by atoms with Gasteiger partial charge in [0.15, 0.2) is 0 Å². The van der Waals surface area contributed by atoms with Crippen LogP contribution in [0.25, 0.3) is 0 Å². The normalized spacial score (nSPS) is 13.6. The molecule has 1 aromatic carbocycles. The van der Waals surface area contributed by atoms with Crippen LogP contribution in [0, 0.1) is 5.82 Å². The fraction of sp³-hybridized carbons (Fsp3) is 0.533. The van der Waals surface area contributed by atoms with E-state index in [4.69, 9.17) is 26.2 Å². The van der Waals surface area contributed by atoms with Gasteiger partial charge in [-0.25, -0.2) is 4.39 Å². The summed E-state index contributed by atoms with van der Waals surface area (Å²) in [5, 5.41) is 7.91. The first-order chi connectivity index (χ1) is 10.1. The predicted octanol–water partition coefficient (Wildman–Crippen LogP) is 5.25. The molecule has 0 bridgehead atoms. The Morgan fingerprint density at radius 1 is 1.38 bits per heavy atom. The van der Waals surface area contributed by atoms with Gasteiger partial charge in [0, 0.05) is 16.2 Å². The monoisotopic (exact) mass is 336 g/mol. The van der Waals surface area contributed by atoms with Crippen molar-refractivity contribution in [2.24, 2.45) is 0 Å². The van der Waals surface area contributed by atoms with E-state index in [-0.39, 0.29) is 12.3 Å². The van der Waals surface area contributed by atoms with E-state index in [0.717, 1.165) is 0 Å². The summed E-state index contributed by atoms with van der Waals surface area (Å²) >= 11 is 7.58. The molecule has 6 heteroatoms. The highest BCUT2D eigenvalue weighted by atomic mass is 35.5. The standard InChI is InChI=1S/C12H14ClFOS.C2H6.CH2O2/c1-15-11-7-10(14)12(6-9(11)13)16-8-4-2-3-5-8;1-2;2-1-3/h6-8H,2-5H2,1H3;1-2H3;1H,(H,2,3). The maximum Gasteiger partial charge on any atom is 0.290 e. The Kier molecular flexibility index (Phi) is 11.2. The van der Waals surface area contributed by atoms with Crippen LogP contribution in [0.4, 0.5) is 4.39 Å². The number of methoxy groups -OCH3 is 1. The summed E-state index contributed by atoms with van der Waals surface area (Å²) < 4.78 is 18.7. The molecule has 1 saturated carbocycles. The summed E-state index contributed by atoms with van der Waals surface area (Å²) in [5.74, 6) is 0.160. The van der Waals surface area contributed by atoms with Crippen molar-refractivity contribution >= 4 is 29.8 Å². The minimum absolute atomic E-state index is 0.238. The van der Waals surface area contributed by atoms with Crippen LogP contribution in [0.5, 0.6) is 5.75 Å². The van der Waals surface area contributed by atoms with Gasteiger partial charge in [-0.2, -0.15) is 0 Å². The highest BCUT2D eigenvalue weighted by Crippen LogP contribution is 2.39. The number of hydrogen-bond donors (Lipinski definition) is 1. The largest absolute Gasteiger partial charge is 0.495 e. The van der Waals surface area contributed by atoms with Gasteiger partial charge in [-0.1, -0.05) is 38.3 Å². The van der Waals surface area contributed by atoms with Crippen molar-refractivity contribution in [1.29, 1.82) is 0 Å². The quantitative estimate of drug-likeness (QED) is 0.766. The highest BCUT2D eigenvalue weighted by molar-refractivity contribution is 8.00. The Balaban J connectivity index is 0.000000713. The van der Waals surface area contributed by atoms with E-state index in [1.807, 2.05) is 13.8 Å². The number of hydrogen-bond acceptors (Lipinski definition) is 3. The van der Waals surface area contributed by atoms with Crippen LogP contribution in [0.15, 0.2) is 17.0 Å². The molecule has 1 aromatic rings. The van der Waals surface area contributed by atoms with Crippen molar-refractivity contribution < 1.29 is 19.0 Å². The smallest absolute Gasteiger partial charge is 0.290 e. The first-order valence-electron chi connectivity index (χ1n) is 6.90. The third-order valence-electron chi connectivity index (χ3n) is 2.80. The molecule has 0 unspecified atom stereocenters. The minimum atomic E-state index is -0.250. The first-order valence-corrected chi connectivity index (χ1v) is 8.15. The van der Waals surface area contributed by atoms with Crippen molar-refractivity contribution in [3.8, 4) is 5.75 Å². The highest BCUT2D eigenvalue weighted by Gasteiger charge is 2.19. The predicted molar refractivity (Wildman–Crippen MR) is 86.1 cm³/mol. The molecule has 1 N–H and O–H groups in total. The second kappa shape index (κ2) is 11.7. The van der Waals surface area contributed by atoms with E-state index in [1.54, 1.807) is 17.8 Å². The number of benzene rings is 1. The molecule has 21 heavy (non-hydrogen) atoms. The lowest BCUT2D eigenvalue weighted by Crippen LogP contribution is -1.96. The van der Waals surface area contributed by atoms with Gasteiger partial charge in [0.2, 0.25) is 0 Å². The number of thioether (sulfide) groups is 1. The van der Waals surface area contributed by atoms with E-state index >= 15 is 0 Å². The third-order valence-corrected chi connectivity index (χ3v) is 4.47. The van der Waals surface area contributed by atoms with Crippen molar-refractivity contribution in [3.63, 3.8) is 0 Å². The summed E-state index contributed by atoms with van der Waals surface area (Å²) in [6.45, 7) is 3.75. The van der Waals surface area contributed by atoms with E-state index in [0.29, 0.717) is 20.9 Å². The van der Waals surface area contributed by atoms with Crippen LogP contribution >= 0.6 is 23.4 Å². The van der Waals surface area contributed by atoms with Gasteiger partial charge >= 0.3 is 0 Å². The van der Waals surface area contributed by atoms with Gasteiger partial charge < -0.3 is 9.84 Å². The molecule has 0 aliphatic heterocycles. The van der Waals surface area contributed by atoms with Crippen molar-refractivity contribution in [3.05, 3.63) is 23.0 Å². The molecule has 120 valence electrons. The maximum absolute atomic E-state index is 13.7. The Bertz CT molecular complexity index is 424. The van der Waals surface area contributed by atoms with Crippen LogP contribution < -0.4 is 4.74 Å². The number of rotatable bonds is 3. The van der Waals surface area contributed by atoms with Gasteiger partial charge in [0.25, 0.3) is 6.47 Å². The van der Waals surface area contributed by atoms with Gasteiger partial charge in [0.05, 0.1) is 12.1 Å². The van der Waals surface area contributed by atoms with E-state index in [2.05, 4.69) is 0 Å². The zero-order valence-electron chi connectivity index (χ0n) is 12.6. The average molecular weight is 337 g/mol. The summed E-state index contributed by atoms with van der Waals surface area (Å²) in [6, 6.07) is 3.03. The molecule has 2 rings (SSSR count). The zero-order valence-corrected chi connectivity index (χ0v) is 14.1. The molecule has 3 nitrogen and oxygen atoms in total. The number of carbonyl (C=O) groups is 1. The Labute approximate surface area is 134 Å². The Hall–Kier alpha value is -0.940. The van der Waals surface area contributed by atoms with Crippen LogP contribution in [0.2, 0.25) is 5.02 Å². The van der Waals surface area contributed by atoms with E-state index in [1.165, 1.54) is 38.9 Å². The molecule has 0 radical (unpaired) electrons. The Morgan fingerprint density at radius 2 is 1.90 bits per heavy atom. The molecule has 0 spiro atoms. The molecule has 1 aliphatic carbocycles. The molecular formula is C15H22ClFO3S. The summed E-state index contributed by atoms with van der Waals surface area (Å²) in [4.78, 5) is 9.00. The van der Waals surface area contributed by atoms with Gasteiger partial charge in [-0.15, -0.1) is 11.8 Å². The average Bonchev–Trinajstić information content (AvgIpc) is 2.98. The molecule has 0 aromatic heterocycles. The molecule has 1 aliphatic rings. The van der Waals surface area contributed by atoms with Gasteiger partial charge in [-0.05, 0) is 18.9 Å². The van der Waals surface area contributed by atoms with Crippen LogP contribution in [0.3, 0.4) is 0 Å². The van der Waals surface area contributed by atoms with E-state index in [9.17, 15) is 4.39 Å². The molecule has 1 fully saturated rings. The molecule has 0 amide bonds. The number of carboxylic acid groups (broad SMARTS) is 1. The van der Waals surface area contributed by atoms with Crippen molar-refractivity contribution in [2.45, 2.75) is 49.7 Å². The summed E-state index contributed by atoms with van der Waals surface area (Å²) in [5.41, 5.74) is 0. The lowest BCUT2D eigenvalue weighted by Gasteiger charge is -2.11. The maximum atomic E-state index is 13.7. The SMILES string of the molecule is CC.COc1cc(F)c(SC2CCCC2)cc1Cl.O=CO. The van der Waals surface area contributed by atoms with Gasteiger partial charge in [-0.3, -0.25) is 4.79 Å². The molecule has 0 atom stereocenters. The summed E-state index contributed by atoms with van der Waals surface area (Å²) in [7, 11) is 1.49. The number of ether oxygens (including phenoxy) is 1. The zero-order chi connectivity index (χ0) is 16.3. The minimum Gasteiger partial charge on any atom is -0.495 e. The van der Waals surface area contributed by atoms with Crippen LogP contribution in [0.1, 0.15) is 39.5 Å².